The summed E-state index contributed by atoms with van der Waals surface area (Å²) in [7, 11) is 0. The van der Waals surface area contributed by atoms with Gasteiger partial charge in [-0.1, -0.05) is 36.4 Å². The van der Waals surface area contributed by atoms with Crippen molar-refractivity contribution in [2.24, 2.45) is 0 Å². The second kappa shape index (κ2) is 6.50. The van der Waals surface area contributed by atoms with Gasteiger partial charge in [-0.2, -0.15) is 0 Å². The second-order valence-corrected chi connectivity index (χ2v) is 5.78. The number of para-hydroxylation sites is 2. The van der Waals surface area contributed by atoms with Crippen LogP contribution >= 0.6 is 0 Å². The van der Waals surface area contributed by atoms with Gasteiger partial charge in [0.1, 0.15) is 0 Å². The summed E-state index contributed by atoms with van der Waals surface area (Å²) in [6, 6.07) is 25.0. The van der Waals surface area contributed by atoms with E-state index in [1.165, 1.54) is 33.2 Å². The van der Waals surface area contributed by atoms with E-state index in [-0.39, 0.29) is 0 Å². The third kappa shape index (κ3) is 2.97. The van der Waals surface area contributed by atoms with Crippen molar-refractivity contribution in [1.29, 1.82) is 0 Å². The normalized spacial score (nSPS) is 10.7. The predicted octanol–water partition coefficient (Wildman–Crippen LogP) is 5.25. The molecular formula is C21H19N3. The maximum Gasteiger partial charge on any atom is 0.0464 e. The van der Waals surface area contributed by atoms with Crippen LogP contribution in [0.3, 0.4) is 0 Å². The number of nitrogens with one attached hydrogen (secondary N) is 3. The van der Waals surface area contributed by atoms with E-state index in [1.807, 2.05) is 24.5 Å². The zero-order valence-corrected chi connectivity index (χ0v) is 13.3. The third-order valence-electron chi connectivity index (χ3n) is 4.12. The van der Waals surface area contributed by atoms with Crippen LogP contribution in [0.5, 0.6) is 0 Å². The molecule has 118 valence electrons. The molecule has 0 aliphatic heterocycles. The Morgan fingerprint density at radius 3 is 1.50 bits per heavy atom. The number of aromatic amines is 3. The van der Waals surface area contributed by atoms with Gasteiger partial charge < -0.3 is 15.0 Å². The molecule has 0 saturated carbocycles. The number of fused-ring (bicyclic) bond motifs is 3. The van der Waals surface area contributed by atoms with E-state index in [2.05, 4.69) is 75.6 Å². The molecule has 0 aliphatic carbocycles. The monoisotopic (exact) mass is 313 g/mol. The molecule has 3 N–H and O–H groups in total. The molecule has 0 unspecified atom stereocenters. The van der Waals surface area contributed by atoms with E-state index < -0.39 is 0 Å². The lowest BCUT2D eigenvalue weighted by atomic mass is 10.2. The molecule has 2 aromatic carbocycles. The molecule has 3 aromatic heterocycles. The first-order valence-electron chi connectivity index (χ1n) is 8.10. The number of H-pyrrole nitrogens is 3. The van der Waals surface area contributed by atoms with Crippen molar-refractivity contribution in [3.8, 4) is 0 Å². The quantitative estimate of drug-likeness (QED) is 0.398. The summed E-state index contributed by atoms with van der Waals surface area (Å²) in [6.07, 6.45) is 4.84. The predicted molar refractivity (Wildman–Crippen MR) is 100 cm³/mol. The van der Waals surface area contributed by atoms with Gasteiger partial charge in [-0.25, -0.2) is 0 Å². The van der Waals surface area contributed by atoms with Crippen molar-refractivity contribution >= 4 is 21.8 Å². The molecule has 0 radical (unpaired) electrons. The number of benzene rings is 2. The summed E-state index contributed by atoms with van der Waals surface area (Å²) in [6.45, 7) is 0. The van der Waals surface area contributed by atoms with Gasteiger partial charge in [0.2, 0.25) is 0 Å². The van der Waals surface area contributed by atoms with Crippen LogP contribution in [-0.2, 0) is 6.42 Å². The smallest absolute Gasteiger partial charge is 0.0464 e. The Bertz CT molecular complexity index is 939. The van der Waals surface area contributed by atoms with Gasteiger partial charge in [0, 0.05) is 52.0 Å². The highest BCUT2D eigenvalue weighted by Crippen LogP contribution is 2.24. The fraction of sp³-hybridized carbons (Fsp3) is 0.0476. The van der Waals surface area contributed by atoms with E-state index in [0.717, 1.165) is 6.42 Å². The zero-order valence-electron chi connectivity index (χ0n) is 13.3. The molecule has 0 bridgehead atoms. The highest BCUT2D eigenvalue weighted by Gasteiger charge is 2.00. The standard InChI is InChI=1S/C12H9N.C9H10N2/c1-3-7-11-9(5-1)10-6-2-4-8-12(10)13-11;1-3-8(10-5-1)7-9-4-2-6-11-9/h1-8,13H;1-6,10-11H,7H2. The summed E-state index contributed by atoms with van der Waals surface area (Å²) in [5, 5.41) is 2.61. The average molecular weight is 313 g/mol. The SMILES string of the molecule is c1c[nH]c(Cc2ccc[nH]2)c1.c1ccc2c(c1)[nH]c1ccccc12. The fourth-order valence-corrected chi connectivity index (χ4v) is 2.96. The maximum atomic E-state index is 3.38. The molecule has 3 heterocycles. The Morgan fingerprint density at radius 1 is 0.542 bits per heavy atom. The lowest BCUT2D eigenvalue weighted by Gasteiger charge is -1.92. The molecule has 0 saturated heterocycles. The Balaban J connectivity index is 0.000000123. The van der Waals surface area contributed by atoms with E-state index in [0.29, 0.717) is 0 Å². The first-order chi connectivity index (χ1) is 11.9. The summed E-state index contributed by atoms with van der Waals surface area (Å²) >= 11 is 0. The van der Waals surface area contributed by atoms with Crippen molar-refractivity contribution in [1.82, 2.24) is 15.0 Å². The number of aromatic nitrogens is 3. The largest absolute Gasteiger partial charge is 0.365 e. The molecular weight excluding hydrogens is 294 g/mol. The van der Waals surface area contributed by atoms with Crippen molar-refractivity contribution in [3.63, 3.8) is 0 Å². The molecule has 0 aliphatic rings. The molecule has 0 spiro atoms. The lowest BCUT2D eigenvalue weighted by Crippen LogP contribution is -1.86. The molecule has 5 rings (SSSR count). The van der Waals surface area contributed by atoms with Crippen molar-refractivity contribution in [2.45, 2.75) is 6.42 Å². The van der Waals surface area contributed by atoms with Gasteiger partial charge in [-0.05, 0) is 36.4 Å². The number of hydrogen-bond donors (Lipinski definition) is 3. The summed E-state index contributed by atoms with van der Waals surface area (Å²) in [5.74, 6) is 0. The molecule has 0 atom stereocenters. The Labute approximate surface area is 140 Å². The molecule has 3 heteroatoms. The molecule has 3 nitrogen and oxygen atoms in total. The first kappa shape index (κ1) is 14.4. The second-order valence-electron chi connectivity index (χ2n) is 5.78. The van der Waals surface area contributed by atoms with E-state index in [4.69, 9.17) is 0 Å². The number of rotatable bonds is 2. The van der Waals surface area contributed by atoms with Gasteiger partial charge in [0.05, 0.1) is 0 Å². The molecule has 0 fully saturated rings. The van der Waals surface area contributed by atoms with E-state index in [1.54, 1.807) is 0 Å². The lowest BCUT2D eigenvalue weighted by molar-refractivity contribution is 1.05. The molecule has 24 heavy (non-hydrogen) atoms. The third-order valence-corrected chi connectivity index (χ3v) is 4.12. The van der Waals surface area contributed by atoms with Crippen LogP contribution < -0.4 is 0 Å². The van der Waals surface area contributed by atoms with Crippen molar-refractivity contribution in [2.75, 3.05) is 0 Å². The molecule has 0 amide bonds. The van der Waals surface area contributed by atoms with Crippen LogP contribution in [0.25, 0.3) is 21.8 Å². The Hall–Kier alpha value is -3.20. The average Bonchev–Trinajstić information content (AvgIpc) is 3.36. The summed E-state index contributed by atoms with van der Waals surface area (Å²) in [4.78, 5) is 9.69. The fourth-order valence-electron chi connectivity index (χ4n) is 2.96. The Morgan fingerprint density at radius 2 is 1.04 bits per heavy atom. The summed E-state index contributed by atoms with van der Waals surface area (Å²) < 4.78 is 0. The van der Waals surface area contributed by atoms with E-state index >= 15 is 0 Å². The van der Waals surface area contributed by atoms with Crippen molar-refractivity contribution in [3.05, 3.63) is 96.6 Å². The van der Waals surface area contributed by atoms with Crippen LogP contribution in [0.2, 0.25) is 0 Å². The van der Waals surface area contributed by atoms with Crippen LogP contribution in [0.4, 0.5) is 0 Å². The topological polar surface area (TPSA) is 47.4 Å². The summed E-state index contributed by atoms with van der Waals surface area (Å²) in [5.41, 5.74) is 4.91. The van der Waals surface area contributed by atoms with Gasteiger partial charge >= 0.3 is 0 Å². The first-order valence-corrected chi connectivity index (χ1v) is 8.10. The maximum absolute atomic E-state index is 3.38. The van der Waals surface area contributed by atoms with Crippen LogP contribution in [-0.4, -0.2) is 15.0 Å². The van der Waals surface area contributed by atoms with Crippen LogP contribution in [0, 0.1) is 0 Å². The highest BCUT2D eigenvalue weighted by molar-refractivity contribution is 6.06. The van der Waals surface area contributed by atoms with Gasteiger partial charge in [0.15, 0.2) is 0 Å². The van der Waals surface area contributed by atoms with Crippen LogP contribution in [0.15, 0.2) is 85.2 Å². The van der Waals surface area contributed by atoms with Gasteiger partial charge in [-0.15, -0.1) is 0 Å². The number of hydrogen-bond acceptors (Lipinski definition) is 0. The van der Waals surface area contributed by atoms with Crippen LogP contribution in [0.1, 0.15) is 11.4 Å². The Kier molecular flexibility index (Phi) is 3.90. The molecule has 5 aromatic rings. The van der Waals surface area contributed by atoms with E-state index in [9.17, 15) is 0 Å². The minimum absolute atomic E-state index is 0.958. The van der Waals surface area contributed by atoms with Gasteiger partial charge in [0.25, 0.3) is 0 Å². The van der Waals surface area contributed by atoms with Crippen molar-refractivity contribution < 1.29 is 0 Å². The van der Waals surface area contributed by atoms with Gasteiger partial charge in [-0.3, -0.25) is 0 Å². The minimum atomic E-state index is 0.958. The minimum Gasteiger partial charge on any atom is -0.365 e. The zero-order chi connectivity index (χ0) is 16.2. The highest BCUT2D eigenvalue weighted by atomic mass is 14.7.